The molecule has 0 unspecified atom stereocenters. The van der Waals surface area contributed by atoms with Crippen LogP contribution in [0.5, 0.6) is 0 Å². The molecule has 0 saturated heterocycles. The molecule has 152 valence electrons. The molecular weight excluding hydrogens is 394 g/mol. The Kier molecular flexibility index (Phi) is 4.05. The van der Waals surface area contributed by atoms with Crippen LogP contribution in [0.4, 0.5) is 20.5 Å². The van der Waals surface area contributed by atoms with Crippen molar-refractivity contribution in [3.05, 3.63) is 42.6 Å². The highest BCUT2D eigenvalue weighted by Crippen LogP contribution is 2.30. The van der Waals surface area contributed by atoms with Crippen molar-refractivity contribution in [2.45, 2.75) is 13.1 Å². The van der Waals surface area contributed by atoms with E-state index >= 15 is 0 Å². The van der Waals surface area contributed by atoms with Crippen LogP contribution < -0.4 is 11.1 Å². The fraction of sp³-hybridized carbons (Fsp3) is 0.167. The third-order valence-corrected chi connectivity index (χ3v) is 4.80. The summed E-state index contributed by atoms with van der Waals surface area (Å²) >= 11 is 0. The molecule has 0 aliphatic carbocycles. The summed E-state index contributed by atoms with van der Waals surface area (Å²) in [5.41, 5.74) is 9.70. The van der Waals surface area contributed by atoms with Gasteiger partial charge in [-0.1, -0.05) is 0 Å². The van der Waals surface area contributed by atoms with E-state index in [9.17, 15) is 8.78 Å². The summed E-state index contributed by atoms with van der Waals surface area (Å²) in [7, 11) is 1.87. The van der Waals surface area contributed by atoms with E-state index in [1.165, 1.54) is 18.6 Å². The van der Waals surface area contributed by atoms with Gasteiger partial charge in [-0.15, -0.1) is 0 Å². The predicted octanol–water partition coefficient (Wildman–Crippen LogP) is 2.69. The van der Waals surface area contributed by atoms with Crippen LogP contribution in [0.1, 0.15) is 12.2 Å². The molecular formula is C18H16F2N10. The van der Waals surface area contributed by atoms with E-state index in [0.29, 0.717) is 32.9 Å². The Balaban J connectivity index is 1.61. The first-order valence-electron chi connectivity index (χ1n) is 8.98. The molecule has 5 aromatic heterocycles. The van der Waals surface area contributed by atoms with Gasteiger partial charge in [0.2, 0.25) is 5.95 Å². The van der Waals surface area contributed by atoms with Crippen molar-refractivity contribution in [2.24, 2.45) is 7.05 Å². The summed E-state index contributed by atoms with van der Waals surface area (Å²) in [5, 5.41) is 6.91. The topological polar surface area (TPSA) is 128 Å². The summed E-state index contributed by atoms with van der Waals surface area (Å²) in [6, 6.07) is 5.23. The number of nitrogens with one attached hydrogen (secondary N) is 2. The van der Waals surface area contributed by atoms with E-state index < -0.39 is 6.55 Å². The minimum atomic E-state index is -2.77. The van der Waals surface area contributed by atoms with Gasteiger partial charge in [-0.3, -0.25) is 0 Å². The number of nitrogens with zero attached hydrogens (tertiary/aromatic N) is 7. The van der Waals surface area contributed by atoms with E-state index in [4.69, 9.17) is 5.73 Å². The predicted molar refractivity (Wildman–Crippen MR) is 107 cm³/mol. The zero-order chi connectivity index (χ0) is 20.8. The number of aromatic amines is 1. The number of imidazole rings is 1. The lowest BCUT2D eigenvalue weighted by Crippen LogP contribution is -2.10. The lowest BCUT2D eigenvalue weighted by molar-refractivity contribution is 0.0585. The monoisotopic (exact) mass is 410 g/mol. The summed E-state index contributed by atoms with van der Waals surface area (Å²) < 4.78 is 29.5. The van der Waals surface area contributed by atoms with Crippen molar-refractivity contribution in [2.75, 3.05) is 11.1 Å². The van der Waals surface area contributed by atoms with E-state index in [0.717, 1.165) is 11.0 Å². The Bertz CT molecular complexity index is 1370. The van der Waals surface area contributed by atoms with Crippen molar-refractivity contribution in [1.29, 1.82) is 0 Å². The number of fused-ring (bicyclic) bond motifs is 2. The average molecular weight is 410 g/mol. The lowest BCUT2D eigenvalue weighted by atomic mass is 10.1. The third kappa shape index (κ3) is 2.89. The van der Waals surface area contributed by atoms with Gasteiger partial charge in [0.1, 0.15) is 5.52 Å². The Morgan fingerprint density at radius 2 is 2.10 bits per heavy atom. The zero-order valence-electron chi connectivity index (χ0n) is 15.7. The van der Waals surface area contributed by atoms with Gasteiger partial charge >= 0.3 is 6.55 Å². The number of anilines is 2. The summed E-state index contributed by atoms with van der Waals surface area (Å²) in [6.07, 6.45) is 4.69. The van der Waals surface area contributed by atoms with Crippen molar-refractivity contribution in [1.82, 2.24) is 39.3 Å². The third-order valence-electron chi connectivity index (χ3n) is 4.80. The van der Waals surface area contributed by atoms with Crippen LogP contribution in [0, 0.1) is 0 Å². The minimum Gasteiger partial charge on any atom is -0.368 e. The summed E-state index contributed by atoms with van der Waals surface area (Å²) in [4.78, 5) is 20.0. The standard InChI is InChI=1S/C18H16F2N10/c1-29-5-3-10-13(29)6-9(12-2-4-25-30(12)17(19)20)11(26-10)7-22-15-14-16(24-8-23-14)28-18(21)27-15/h2-6,8,17H,7H2,1H3,(H4,21,22,23,24,27,28). The molecule has 4 N–H and O–H groups in total. The van der Waals surface area contributed by atoms with Gasteiger partial charge in [0.15, 0.2) is 11.5 Å². The molecule has 30 heavy (non-hydrogen) atoms. The molecule has 0 radical (unpaired) electrons. The molecule has 5 rings (SSSR count). The Hall–Kier alpha value is -4.09. The Labute approximate surface area is 167 Å². The van der Waals surface area contributed by atoms with Gasteiger partial charge in [0.25, 0.3) is 0 Å². The maximum absolute atomic E-state index is 13.5. The molecule has 0 spiro atoms. The fourth-order valence-corrected chi connectivity index (χ4v) is 3.41. The van der Waals surface area contributed by atoms with Gasteiger partial charge in [-0.2, -0.15) is 23.8 Å². The molecule has 5 aromatic rings. The van der Waals surface area contributed by atoms with E-state index in [2.05, 4.69) is 35.3 Å². The molecule has 10 nitrogen and oxygen atoms in total. The fourth-order valence-electron chi connectivity index (χ4n) is 3.41. The number of rotatable bonds is 5. The van der Waals surface area contributed by atoms with Crippen molar-refractivity contribution in [3.63, 3.8) is 0 Å². The van der Waals surface area contributed by atoms with E-state index in [1.807, 2.05) is 29.9 Å². The highest BCUT2D eigenvalue weighted by molar-refractivity contribution is 5.84. The van der Waals surface area contributed by atoms with Gasteiger partial charge in [0, 0.05) is 25.0 Å². The Morgan fingerprint density at radius 1 is 1.23 bits per heavy atom. The minimum absolute atomic E-state index is 0.0690. The molecule has 0 saturated carbocycles. The van der Waals surface area contributed by atoms with E-state index in [-0.39, 0.29) is 18.2 Å². The number of nitrogen functional groups attached to an aromatic ring is 1. The normalized spacial score (nSPS) is 11.7. The van der Waals surface area contributed by atoms with Crippen molar-refractivity contribution < 1.29 is 8.78 Å². The summed E-state index contributed by atoms with van der Waals surface area (Å²) in [6.45, 7) is -2.56. The number of aryl methyl sites for hydroxylation is 1. The SMILES string of the molecule is Cn1ccc2nc(CNc3nc(N)nc4nc[nH]c34)c(-c3ccnn3C(F)F)cc21. The van der Waals surface area contributed by atoms with Crippen LogP contribution in [0.3, 0.4) is 0 Å². The molecule has 0 amide bonds. The second kappa shape index (κ2) is 6.76. The Morgan fingerprint density at radius 3 is 2.93 bits per heavy atom. The number of H-pyrrole nitrogens is 1. The van der Waals surface area contributed by atoms with Gasteiger partial charge < -0.3 is 20.6 Å². The largest absolute Gasteiger partial charge is 0.368 e. The average Bonchev–Trinajstić information content (AvgIpc) is 3.45. The maximum atomic E-state index is 13.5. The van der Waals surface area contributed by atoms with Crippen LogP contribution in [0.2, 0.25) is 0 Å². The first kappa shape index (κ1) is 18.0. The molecule has 0 bridgehead atoms. The van der Waals surface area contributed by atoms with Crippen LogP contribution in [0.25, 0.3) is 33.5 Å². The second-order valence-corrected chi connectivity index (χ2v) is 6.64. The molecule has 0 aliphatic rings. The number of alkyl halides is 2. The first-order valence-corrected chi connectivity index (χ1v) is 8.98. The molecule has 0 fully saturated rings. The number of halogens is 2. The zero-order valence-corrected chi connectivity index (χ0v) is 15.7. The molecule has 12 heteroatoms. The van der Waals surface area contributed by atoms with Gasteiger partial charge in [-0.05, 0) is 18.2 Å². The highest BCUT2D eigenvalue weighted by Gasteiger charge is 2.19. The van der Waals surface area contributed by atoms with E-state index in [1.54, 1.807) is 0 Å². The first-order chi connectivity index (χ1) is 14.5. The second-order valence-electron chi connectivity index (χ2n) is 6.64. The molecule has 5 heterocycles. The van der Waals surface area contributed by atoms with Crippen molar-refractivity contribution >= 4 is 34.0 Å². The van der Waals surface area contributed by atoms with Gasteiger partial charge in [-0.25, -0.2) is 14.6 Å². The van der Waals surface area contributed by atoms with Crippen LogP contribution >= 0.6 is 0 Å². The number of hydrogen-bond donors (Lipinski definition) is 3. The number of pyridine rings is 1. The quantitative estimate of drug-likeness (QED) is 0.406. The van der Waals surface area contributed by atoms with Crippen LogP contribution in [0.15, 0.2) is 36.9 Å². The molecule has 0 aromatic carbocycles. The van der Waals surface area contributed by atoms with Crippen LogP contribution in [-0.4, -0.2) is 39.3 Å². The smallest absolute Gasteiger partial charge is 0.333 e. The lowest BCUT2D eigenvalue weighted by Gasteiger charge is -2.13. The number of nitrogens with two attached hydrogens (primary N) is 1. The van der Waals surface area contributed by atoms with Crippen molar-refractivity contribution in [3.8, 4) is 11.3 Å². The number of hydrogen-bond acceptors (Lipinski definition) is 7. The summed E-state index contributed by atoms with van der Waals surface area (Å²) in [5.74, 6) is 0.512. The van der Waals surface area contributed by atoms with Gasteiger partial charge in [0.05, 0.1) is 35.3 Å². The highest BCUT2D eigenvalue weighted by atomic mass is 19.3. The number of aromatic nitrogens is 8. The van der Waals surface area contributed by atoms with Crippen LogP contribution in [-0.2, 0) is 13.6 Å². The maximum Gasteiger partial charge on any atom is 0.333 e. The molecule has 0 atom stereocenters. The molecule has 0 aliphatic heterocycles.